The van der Waals surface area contributed by atoms with Gasteiger partial charge in [-0.1, -0.05) is 11.2 Å². The number of benzene rings is 1. The molecule has 0 aliphatic carbocycles. The zero-order chi connectivity index (χ0) is 15.5. The van der Waals surface area contributed by atoms with Crippen LogP contribution in [0, 0.1) is 18.3 Å². The van der Waals surface area contributed by atoms with Crippen molar-refractivity contribution in [2.75, 3.05) is 20.2 Å². The average molecular weight is 298 g/mol. The summed E-state index contributed by atoms with van der Waals surface area (Å²) in [6.07, 6.45) is 1.02. The standard InChI is InChI=1S/C16H18N4O2/c1-11-18-16(22-19-11)13-5-6-20(10-13)9-12-3-4-15(21-2)14(7-12)8-17/h3-4,7,13H,5-6,9-10H2,1-2H3/t13-/m1/s1. The van der Waals surface area contributed by atoms with E-state index in [0.717, 1.165) is 37.5 Å². The largest absolute Gasteiger partial charge is 0.495 e. The zero-order valence-corrected chi connectivity index (χ0v) is 12.7. The molecule has 0 bridgehead atoms. The third-order valence-electron chi connectivity index (χ3n) is 3.96. The third-order valence-corrected chi connectivity index (χ3v) is 3.96. The van der Waals surface area contributed by atoms with Gasteiger partial charge in [-0.05, 0) is 37.6 Å². The quantitative estimate of drug-likeness (QED) is 0.861. The number of aryl methyl sites for hydroxylation is 1. The van der Waals surface area contributed by atoms with Crippen molar-refractivity contribution in [2.24, 2.45) is 0 Å². The summed E-state index contributed by atoms with van der Waals surface area (Å²) in [5.74, 6) is 2.33. The minimum atomic E-state index is 0.301. The predicted molar refractivity (Wildman–Crippen MR) is 79.4 cm³/mol. The van der Waals surface area contributed by atoms with Gasteiger partial charge in [-0.2, -0.15) is 10.2 Å². The molecule has 0 unspecified atom stereocenters. The van der Waals surface area contributed by atoms with E-state index in [2.05, 4.69) is 21.1 Å². The van der Waals surface area contributed by atoms with E-state index in [9.17, 15) is 0 Å². The Balaban J connectivity index is 1.66. The monoisotopic (exact) mass is 298 g/mol. The van der Waals surface area contributed by atoms with Crippen molar-refractivity contribution in [3.05, 3.63) is 41.0 Å². The summed E-state index contributed by atoms with van der Waals surface area (Å²) in [6.45, 7) is 4.53. The molecule has 6 nitrogen and oxygen atoms in total. The summed E-state index contributed by atoms with van der Waals surface area (Å²) in [4.78, 5) is 6.66. The molecule has 0 radical (unpaired) electrons. The minimum absolute atomic E-state index is 0.301. The van der Waals surface area contributed by atoms with Crippen molar-refractivity contribution >= 4 is 0 Å². The first-order valence-electron chi connectivity index (χ1n) is 7.29. The first kappa shape index (κ1) is 14.5. The molecule has 0 saturated carbocycles. The molecule has 6 heteroatoms. The fourth-order valence-electron chi connectivity index (χ4n) is 2.86. The lowest BCUT2D eigenvalue weighted by Crippen LogP contribution is -2.19. The Morgan fingerprint density at radius 1 is 1.50 bits per heavy atom. The number of methoxy groups -OCH3 is 1. The summed E-state index contributed by atoms with van der Waals surface area (Å²) in [5, 5.41) is 13.0. The van der Waals surface area contributed by atoms with E-state index in [0.29, 0.717) is 23.1 Å². The molecule has 114 valence electrons. The number of nitrogens with zero attached hydrogens (tertiary/aromatic N) is 4. The molecule has 0 amide bonds. The van der Waals surface area contributed by atoms with E-state index >= 15 is 0 Å². The van der Waals surface area contributed by atoms with Crippen LogP contribution in [0.1, 0.15) is 35.2 Å². The van der Waals surface area contributed by atoms with Crippen LogP contribution in [0.5, 0.6) is 5.75 Å². The molecule has 1 fully saturated rings. The lowest BCUT2D eigenvalue weighted by atomic mass is 10.1. The fourth-order valence-corrected chi connectivity index (χ4v) is 2.86. The van der Waals surface area contributed by atoms with Crippen LogP contribution in [0.15, 0.2) is 22.7 Å². The van der Waals surface area contributed by atoms with Gasteiger partial charge in [-0.15, -0.1) is 0 Å². The number of likely N-dealkylation sites (tertiary alicyclic amines) is 1. The van der Waals surface area contributed by atoms with Crippen LogP contribution in [0.3, 0.4) is 0 Å². The van der Waals surface area contributed by atoms with Gasteiger partial charge in [0, 0.05) is 13.1 Å². The van der Waals surface area contributed by atoms with Crippen molar-refractivity contribution in [3.63, 3.8) is 0 Å². The van der Waals surface area contributed by atoms with E-state index in [4.69, 9.17) is 14.5 Å². The molecule has 1 aliphatic heterocycles. The highest BCUT2D eigenvalue weighted by atomic mass is 16.5. The topological polar surface area (TPSA) is 75.2 Å². The summed E-state index contributed by atoms with van der Waals surface area (Å²) < 4.78 is 10.4. The lowest BCUT2D eigenvalue weighted by molar-refractivity contribution is 0.308. The maximum Gasteiger partial charge on any atom is 0.231 e. The lowest BCUT2D eigenvalue weighted by Gasteiger charge is -2.16. The molecule has 3 rings (SSSR count). The second-order valence-electron chi connectivity index (χ2n) is 5.55. The first-order valence-corrected chi connectivity index (χ1v) is 7.29. The highest BCUT2D eigenvalue weighted by Crippen LogP contribution is 2.28. The Morgan fingerprint density at radius 2 is 2.36 bits per heavy atom. The van der Waals surface area contributed by atoms with Gasteiger partial charge in [0.05, 0.1) is 18.6 Å². The van der Waals surface area contributed by atoms with E-state index in [1.54, 1.807) is 7.11 Å². The molecular formula is C16H18N4O2. The van der Waals surface area contributed by atoms with Crippen molar-refractivity contribution in [1.82, 2.24) is 15.0 Å². The second kappa shape index (κ2) is 6.16. The molecule has 22 heavy (non-hydrogen) atoms. The van der Waals surface area contributed by atoms with Crippen LogP contribution in [-0.2, 0) is 6.54 Å². The summed E-state index contributed by atoms with van der Waals surface area (Å²) in [6, 6.07) is 7.92. The van der Waals surface area contributed by atoms with Crippen molar-refractivity contribution in [3.8, 4) is 11.8 Å². The molecule has 2 heterocycles. The van der Waals surface area contributed by atoms with Gasteiger partial charge < -0.3 is 9.26 Å². The molecule has 1 aromatic heterocycles. The maximum atomic E-state index is 9.16. The van der Waals surface area contributed by atoms with E-state index in [1.165, 1.54) is 0 Å². The molecule has 2 aromatic rings. The Labute approximate surface area is 129 Å². The number of hydrogen-bond donors (Lipinski definition) is 0. The number of rotatable bonds is 4. The highest BCUT2D eigenvalue weighted by Gasteiger charge is 2.28. The zero-order valence-electron chi connectivity index (χ0n) is 12.7. The van der Waals surface area contributed by atoms with Crippen molar-refractivity contribution < 1.29 is 9.26 Å². The number of aromatic nitrogens is 2. The predicted octanol–water partition coefficient (Wildman–Crippen LogP) is 2.25. The summed E-state index contributed by atoms with van der Waals surface area (Å²) in [5.41, 5.74) is 1.68. The fraction of sp³-hybridized carbons (Fsp3) is 0.438. The van der Waals surface area contributed by atoms with Gasteiger partial charge in [0.25, 0.3) is 0 Å². The number of nitriles is 1. The Hall–Kier alpha value is -2.39. The van der Waals surface area contributed by atoms with Crippen LogP contribution in [0.2, 0.25) is 0 Å². The highest BCUT2D eigenvalue weighted by molar-refractivity contribution is 5.45. The van der Waals surface area contributed by atoms with Crippen LogP contribution in [0.4, 0.5) is 0 Å². The number of hydrogen-bond acceptors (Lipinski definition) is 6. The molecule has 0 N–H and O–H groups in total. The van der Waals surface area contributed by atoms with Gasteiger partial charge in [0.15, 0.2) is 5.82 Å². The molecule has 1 saturated heterocycles. The van der Waals surface area contributed by atoms with E-state index in [1.807, 2.05) is 25.1 Å². The van der Waals surface area contributed by atoms with Gasteiger partial charge in [-0.25, -0.2) is 0 Å². The van der Waals surface area contributed by atoms with E-state index in [-0.39, 0.29) is 0 Å². The summed E-state index contributed by atoms with van der Waals surface area (Å²) >= 11 is 0. The number of ether oxygens (including phenoxy) is 1. The smallest absolute Gasteiger partial charge is 0.231 e. The molecule has 1 aliphatic rings. The summed E-state index contributed by atoms with van der Waals surface area (Å²) in [7, 11) is 1.58. The molecular weight excluding hydrogens is 280 g/mol. The Morgan fingerprint density at radius 3 is 3.05 bits per heavy atom. The first-order chi connectivity index (χ1) is 10.7. The van der Waals surface area contributed by atoms with Gasteiger partial charge in [-0.3, -0.25) is 4.90 Å². The van der Waals surface area contributed by atoms with Gasteiger partial charge >= 0.3 is 0 Å². The minimum Gasteiger partial charge on any atom is -0.495 e. The van der Waals surface area contributed by atoms with Crippen LogP contribution >= 0.6 is 0 Å². The molecule has 1 aromatic carbocycles. The van der Waals surface area contributed by atoms with Crippen molar-refractivity contribution in [1.29, 1.82) is 5.26 Å². The van der Waals surface area contributed by atoms with Crippen LogP contribution < -0.4 is 4.74 Å². The molecule has 0 spiro atoms. The average Bonchev–Trinajstić information content (AvgIpc) is 3.16. The van der Waals surface area contributed by atoms with Gasteiger partial charge in [0.2, 0.25) is 5.89 Å². The third kappa shape index (κ3) is 2.95. The van der Waals surface area contributed by atoms with Crippen LogP contribution in [-0.4, -0.2) is 35.2 Å². The Bertz CT molecular complexity index is 704. The van der Waals surface area contributed by atoms with E-state index < -0.39 is 0 Å². The van der Waals surface area contributed by atoms with Gasteiger partial charge in [0.1, 0.15) is 11.8 Å². The normalized spacial score (nSPS) is 18.3. The maximum absolute atomic E-state index is 9.16. The van der Waals surface area contributed by atoms with Crippen LogP contribution in [0.25, 0.3) is 0 Å². The van der Waals surface area contributed by atoms with Crippen molar-refractivity contribution in [2.45, 2.75) is 25.8 Å². The SMILES string of the molecule is COc1ccc(CN2CC[C@@H](c3nc(C)no3)C2)cc1C#N. The Kier molecular flexibility index (Phi) is 4.07. The second-order valence-corrected chi connectivity index (χ2v) is 5.55. The molecule has 1 atom stereocenters.